The molecule has 2 aromatic carbocycles. The van der Waals surface area contributed by atoms with Crippen molar-refractivity contribution in [3.8, 4) is 11.3 Å². The van der Waals surface area contributed by atoms with Gasteiger partial charge in [-0.1, -0.05) is 61.9 Å². The number of rotatable bonds is 4. The van der Waals surface area contributed by atoms with E-state index in [0.717, 1.165) is 12.1 Å². The van der Waals surface area contributed by atoms with E-state index in [2.05, 4.69) is 73.1 Å². The monoisotopic (exact) mass is 314 g/mol. The second kappa shape index (κ2) is 6.12. The van der Waals surface area contributed by atoms with Crippen LogP contribution in [0.15, 0.2) is 60.8 Å². The quantitative estimate of drug-likeness (QED) is 0.470. The van der Waals surface area contributed by atoms with Crippen molar-refractivity contribution in [3.63, 3.8) is 0 Å². The molecule has 2 heteroatoms. The van der Waals surface area contributed by atoms with Crippen LogP contribution in [-0.2, 0) is 13.5 Å². The lowest BCUT2D eigenvalue weighted by Gasteiger charge is -2.11. The maximum Gasteiger partial charge on any atom is 0.0741 e. The van der Waals surface area contributed by atoms with Crippen molar-refractivity contribution in [2.75, 3.05) is 0 Å². The van der Waals surface area contributed by atoms with E-state index in [1.165, 1.54) is 45.8 Å². The third kappa shape index (κ3) is 2.30. The molecule has 120 valence electrons. The third-order valence-corrected chi connectivity index (χ3v) is 4.88. The Morgan fingerprint density at radius 1 is 0.917 bits per heavy atom. The molecule has 2 heterocycles. The average molecular weight is 314 g/mol. The second-order valence-electron chi connectivity index (χ2n) is 6.39. The van der Waals surface area contributed by atoms with E-state index >= 15 is 0 Å². The van der Waals surface area contributed by atoms with Crippen LogP contribution in [-0.4, -0.2) is 9.55 Å². The maximum absolute atomic E-state index is 4.87. The highest BCUT2D eigenvalue weighted by Crippen LogP contribution is 2.35. The molecule has 2 nitrogen and oxygen atoms in total. The minimum Gasteiger partial charge on any atom is -0.342 e. The molecule has 4 aromatic rings. The molecule has 0 aliphatic heterocycles. The van der Waals surface area contributed by atoms with Crippen LogP contribution >= 0.6 is 0 Å². The molecule has 0 atom stereocenters. The Bertz CT molecular complexity index is 997. The number of pyridine rings is 1. The highest BCUT2D eigenvalue weighted by molar-refractivity contribution is 6.10. The van der Waals surface area contributed by atoms with E-state index in [1.54, 1.807) is 0 Å². The maximum atomic E-state index is 4.87. The van der Waals surface area contributed by atoms with E-state index in [9.17, 15) is 0 Å². The van der Waals surface area contributed by atoms with Gasteiger partial charge in [0, 0.05) is 28.9 Å². The zero-order chi connectivity index (χ0) is 16.5. The lowest BCUT2D eigenvalue weighted by molar-refractivity contribution is 0.798. The van der Waals surface area contributed by atoms with Crippen LogP contribution < -0.4 is 0 Å². The summed E-state index contributed by atoms with van der Waals surface area (Å²) in [6.07, 6.45) is 5.48. The van der Waals surface area contributed by atoms with Gasteiger partial charge in [0.1, 0.15) is 0 Å². The van der Waals surface area contributed by atoms with Gasteiger partial charge in [0.2, 0.25) is 0 Å². The van der Waals surface area contributed by atoms with Gasteiger partial charge >= 0.3 is 0 Å². The molecule has 2 aromatic heterocycles. The summed E-state index contributed by atoms with van der Waals surface area (Å²) in [6, 6.07) is 19.2. The molecule has 0 spiro atoms. The smallest absolute Gasteiger partial charge is 0.0741 e. The van der Waals surface area contributed by atoms with Gasteiger partial charge in [-0.3, -0.25) is 4.98 Å². The van der Waals surface area contributed by atoms with E-state index in [1.807, 2.05) is 6.20 Å². The standard InChI is InChI=1S/C22H22N2/c1-3-4-12-18-21-17-13-8-9-14-19(17)24(2)20(21)15-23-22(18)16-10-6-5-7-11-16/h5-11,13-15H,3-4,12H2,1-2H3. The predicted molar refractivity (Wildman–Crippen MR) is 102 cm³/mol. The van der Waals surface area contributed by atoms with Crippen LogP contribution in [0.2, 0.25) is 0 Å². The zero-order valence-electron chi connectivity index (χ0n) is 14.3. The first kappa shape index (κ1) is 14.9. The number of unbranched alkanes of at least 4 members (excludes halogenated alkanes) is 1. The molecule has 24 heavy (non-hydrogen) atoms. The number of benzene rings is 2. The fourth-order valence-corrected chi connectivity index (χ4v) is 3.65. The van der Waals surface area contributed by atoms with E-state index < -0.39 is 0 Å². The summed E-state index contributed by atoms with van der Waals surface area (Å²) >= 11 is 0. The summed E-state index contributed by atoms with van der Waals surface area (Å²) in [5.74, 6) is 0. The minimum absolute atomic E-state index is 1.07. The summed E-state index contributed by atoms with van der Waals surface area (Å²) in [5.41, 5.74) is 6.22. The molecular weight excluding hydrogens is 292 g/mol. The fraction of sp³-hybridized carbons (Fsp3) is 0.227. The van der Waals surface area contributed by atoms with Gasteiger partial charge in [0.25, 0.3) is 0 Å². The highest BCUT2D eigenvalue weighted by Gasteiger charge is 2.16. The Morgan fingerprint density at radius 3 is 2.46 bits per heavy atom. The van der Waals surface area contributed by atoms with E-state index in [-0.39, 0.29) is 0 Å². The van der Waals surface area contributed by atoms with Crippen molar-refractivity contribution in [2.45, 2.75) is 26.2 Å². The minimum atomic E-state index is 1.07. The van der Waals surface area contributed by atoms with Gasteiger partial charge in [-0.25, -0.2) is 0 Å². The van der Waals surface area contributed by atoms with Crippen LogP contribution in [0.25, 0.3) is 33.1 Å². The number of hydrogen-bond acceptors (Lipinski definition) is 1. The van der Waals surface area contributed by atoms with Crippen LogP contribution in [0.3, 0.4) is 0 Å². The van der Waals surface area contributed by atoms with Crippen molar-refractivity contribution in [3.05, 3.63) is 66.4 Å². The van der Waals surface area contributed by atoms with Gasteiger partial charge in [-0.15, -0.1) is 0 Å². The number of para-hydroxylation sites is 1. The van der Waals surface area contributed by atoms with Gasteiger partial charge in [-0.05, 0) is 24.5 Å². The Balaban J connectivity index is 2.09. The Morgan fingerprint density at radius 2 is 1.67 bits per heavy atom. The van der Waals surface area contributed by atoms with Gasteiger partial charge in [0.15, 0.2) is 0 Å². The normalized spacial score (nSPS) is 11.4. The van der Waals surface area contributed by atoms with Gasteiger partial charge in [0.05, 0.1) is 17.4 Å². The van der Waals surface area contributed by atoms with Crippen LogP contribution in [0.1, 0.15) is 25.3 Å². The molecular formula is C22H22N2. The Labute approximate surface area is 142 Å². The summed E-state index contributed by atoms with van der Waals surface area (Å²) in [4.78, 5) is 4.87. The lowest BCUT2D eigenvalue weighted by Crippen LogP contribution is -1.96. The first-order chi connectivity index (χ1) is 11.8. The van der Waals surface area contributed by atoms with Crippen molar-refractivity contribution < 1.29 is 0 Å². The molecule has 4 rings (SSSR count). The summed E-state index contributed by atoms with van der Waals surface area (Å²) in [5, 5.41) is 2.70. The van der Waals surface area contributed by atoms with Crippen molar-refractivity contribution in [1.29, 1.82) is 0 Å². The summed E-state index contributed by atoms with van der Waals surface area (Å²) in [6.45, 7) is 2.25. The Hall–Kier alpha value is -2.61. The molecule has 0 aliphatic rings. The van der Waals surface area contributed by atoms with Crippen molar-refractivity contribution in [2.24, 2.45) is 7.05 Å². The topological polar surface area (TPSA) is 17.8 Å². The molecule has 0 radical (unpaired) electrons. The largest absolute Gasteiger partial charge is 0.342 e. The molecule has 0 amide bonds. The van der Waals surface area contributed by atoms with E-state index in [0.29, 0.717) is 0 Å². The number of fused-ring (bicyclic) bond motifs is 3. The molecule has 0 unspecified atom stereocenters. The van der Waals surface area contributed by atoms with Crippen LogP contribution in [0.4, 0.5) is 0 Å². The van der Waals surface area contributed by atoms with E-state index in [4.69, 9.17) is 4.98 Å². The van der Waals surface area contributed by atoms with Gasteiger partial charge in [-0.2, -0.15) is 0 Å². The van der Waals surface area contributed by atoms with Crippen molar-refractivity contribution >= 4 is 21.8 Å². The number of nitrogens with zero attached hydrogens (tertiary/aromatic N) is 2. The fourth-order valence-electron chi connectivity index (χ4n) is 3.65. The Kier molecular flexibility index (Phi) is 3.81. The summed E-state index contributed by atoms with van der Waals surface area (Å²) in [7, 11) is 2.14. The number of hydrogen-bond donors (Lipinski definition) is 0. The van der Waals surface area contributed by atoms with Crippen molar-refractivity contribution in [1.82, 2.24) is 9.55 Å². The molecule has 0 fully saturated rings. The second-order valence-corrected chi connectivity index (χ2v) is 6.39. The number of aromatic nitrogens is 2. The molecule has 0 aliphatic carbocycles. The molecule has 0 saturated heterocycles. The average Bonchev–Trinajstić information content (AvgIpc) is 2.94. The highest BCUT2D eigenvalue weighted by atomic mass is 14.9. The third-order valence-electron chi connectivity index (χ3n) is 4.88. The molecule has 0 bridgehead atoms. The lowest BCUT2D eigenvalue weighted by atomic mass is 9.96. The van der Waals surface area contributed by atoms with Crippen LogP contribution in [0.5, 0.6) is 0 Å². The van der Waals surface area contributed by atoms with Crippen LogP contribution in [0, 0.1) is 0 Å². The van der Waals surface area contributed by atoms with Gasteiger partial charge < -0.3 is 4.57 Å². The molecule has 0 N–H and O–H groups in total. The first-order valence-corrected chi connectivity index (χ1v) is 8.71. The zero-order valence-corrected chi connectivity index (χ0v) is 14.3. The summed E-state index contributed by atoms with van der Waals surface area (Å²) < 4.78 is 2.27. The number of aryl methyl sites for hydroxylation is 2. The molecule has 0 saturated carbocycles. The SMILES string of the molecule is CCCCc1c(-c2ccccc2)ncc2c1c1ccccc1n2C. The first-order valence-electron chi connectivity index (χ1n) is 8.71. The predicted octanol–water partition coefficient (Wildman–Crippen LogP) is 5.74.